The van der Waals surface area contributed by atoms with Crippen molar-refractivity contribution in [2.75, 3.05) is 11.9 Å². The number of ether oxygens (including phenoxy) is 1. The molecule has 0 fully saturated rings. The van der Waals surface area contributed by atoms with Crippen molar-refractivity contribution in [2.24, 2.45) is 5.10 Å². The number of hydrogen-bond acceptors (Lipinski definition) is 4. The van der Waals surface area contributed by atoms with Crippen molar-refractivity contribution in [1.82, 2.24) is 5.43 Å². The number of carbonyl (C=O) groups is 1. The van der Waals surface area contributed by atoms with Crippen LogP contribution in [0.2, 0.25) is 5.02 Å². The maximum Gasteiger partial charge on any atom is 0.259 e. The molecule has 0 heterocycles. The molecule has 6 heteroatoms. The summed E-state index contributed by atoms with van der Waals surface area (Å²) in [6.45, 7) is 0.485. The van der Waals surface area contributed by atoms with Gasteiger partial charge in [-0.3, -0.25) is 4.79 Å². The van der Waals surface area contributed by atoms with Crippen molar-refractivity contribution in [3.8, 4) is 5.75 Å². The summed E-state index contributed by atoms with van der Waals surface area (Å²) < 4.78 is 6.12. The minimum Gasteiger partial charge on any atom is -0.488 e. The average Bonchev–Trinajstić information content (AvgIpc) is 2.92. The first-order valence-corrected chi connectivity index (χ1v) is 12.0. The van der Waals surface area contributed by atoms with Gasteiger partial charge in [-0.05, 0) is 46.0 Å². The predicted molar refractivity (Wildman–Crippen MR) is 148 cm³/mol. The van der Waals surface area contributed by atoms with E-state index in [1.807, 2.05) is 103 Å². The van der Waals surface area contributed by atoms with Gasteiger partial charge in [0.05, 0.1) is 12.8 Å². The second-order valence-electron chi connectivity index (χ2n) is 8.29. The summed E-state index contributed by atoms with van der Waals surface area (Å²) >= 11 is 5.99. The van der Waals surface area contributed by atoms with Gasteiger partial charge in [0.25, 0.3) is 5.91 Å². The molecule has 5 aromatic carbocycles. The minimum atomic E-state index is -0.247. The number of nitrogens with one attached hydrogen (secondary N) is 2. The lowest BCUT2D eigenvalue weighted by Gasteiger charge is -2.12. The molecule has 0 aliphatic carbocycles. The molecule has 0 atom stereocenters. The number of carbonyl (C=O) groups excluding carboxylic acids is 1. The zero-order valence-corrected chi connectivity index (χ0v) is 20.2. The highest BCUT2D eigenvalue weighted by atomic mass is 35.5. The molecular weight excluding hydrogens is 470 g/mol. The van der Waals surface area contributed by atoms with Crippen molar-refractivity contribution in [2.45, 2.75) is 6.61 Å². The summed E-state index contributed by atoms with van der Waals surface area (Å²) in [5, 5.41) is 12.3. The van der Waals surface area contributed by atoms with E-state index in [2.05, 4.69) is 15.8 Å². The molecule has 0 unspecified atom stereocenters. The van der Waals surface area contributed by atoms with E-state index in [-0.39, 0.29) is 12.5 Å². The molecule has 0 aliphatic rings. The third kappa shape index (κ3) is 5.48. The number of fused-ring (bicyclic) bond motifs is 2. The van der Waals surface area contributed by atoms with Crippen LogP contribution < -0.4 is 15.5 Å². The van der Waals surface area contributed by atoms with Gasteiger partial charge in [-0.25, -0.2) is 5.43 Å². The second kappa shape index (κ2) is 10.9. The Labute approximate surface area is 214 Å². The normalized spacial score (nSPS) is 11.1. The molecule has 36 heavy (non-hydrogen) atoms. The van der Waals surface area contributed by atoms with Gasteiger partial charge in [-0.15, -0.1) is 0 Å². The first-order valence-electron chi connectivity index (χ1n) is 11.6. The highest BCUT2D eigenvalue weighted by Gasteiger charge is 2.09. The first-order chi connectivity index (χ1) is 17.7. The molecule has 5 nitrogen and oxygen atoms in total. The fourth-order valence-electron chi connectivity index (χ4n) is 4.04. The monoisotopic (exact) mass is 493 g/mol. The lowest BCUT2D eigenvalue weighted by molar-refractivity contribution is -0.119. The Morgan fingerprint density at radius 1 is 0.806 bits per heavy atom. The lowest BCUT2D eigenvalue weighted by atomic mass is 10.0. The summed E-state index contributed by atoms with van der Waals surface area (Å²) in [5.41, 5.74) is 5.32. The van der Waals surface area contributed by atoms with Gasteiger partial charge in [-0.2, -0.15) is 5.10 Å². The molecular formula is C30H24ClN3O2. The number of anilines is 1. The Morgan fingerprint density at radius 2 is 1.50 bits per heavy atom. The standard InChI is InChI=1S/C30H24ClN3O2/c31-24-15-12-21(13-16-24)20-36-29-17-14-23-7-1-3-9-25(23)27(29)18-33-34-30(35)19-32-28-11-5-8-22-6-2-4-10-26(22)28/h1-18,32H,19-20H2,(H,34,35)/b33-18-. The van der Waals surface area contributed by atoms with Gasteiger partial charge in [0.15, 0.2) is 0 Å². The number of rotatable bonds is 8. The van der Waals surface area contributed by atoms with E-state index in [0.717, 1.165) is 38.4 Å². The Balaban J connectivity index is 1.29. The number of hydrazone groups is 1. The number of halogens is 1. The topological polar surface area (TPSA) is 62.7 Å². The van der Waals surface area contributed by atoms with Crippen LogP contribution in [-0.4, -0.2) is 18.7 Å². The van der Waals surface area contributed by atoms with E-state index >= 15 is 0 Å². The average molecular weight is 494 g/mol. The van der Waals surface area contributed by atoms with Crippen molar-refractivity contribution < 1.29 is 9.53 Å². The third-order valence-corrected chi connectivity index (χ3v) is 6.10. The molecule has 0 aromatic heterocycles. The summed E-state index contributed by atoms with van der Waals surface area (Å²) in [6, 6.07) is 33.5. The SMILES string of the molecule is O=C(CNc1cccc2ccccc12)N/N=C\c1c(OCc2ccc(Cl)cc2)ccc2ccccc12. The van der Waals surface area contributed by atoms with Crippen LogP contribution in [0.5, 0.6) is 5.75 Å². The molecule has 178 valence electrons. The Bertz CT molecular complexity index is 1540. The largest absolute Gasteiger partial charge is 0.488 e. The smallest absolute Gasteiger partial charge is 0.259 e. The minimum absolute atomic E-state index is 0.0980. The maximum absolute atomic E-state index is 12.5. The molecule has 0 radical (unpaired) electrons. The van der Waals surface area contributed by atoms with Gasteiger partial charge in [0.2, 0.25) is 0 Å². The van der Waals surface area contributed by atoms with Crippen LogP contribution in [-0.2, 0) is 11.4 Å². The zero-order chi connectivity index (χ0) is 24.7. The molecule has 2 N–H and O–H groups in total. The van der Waals surface area contributed by atoms with Crippen LogP contribution >= 0.6 is 11.6 Å². The number of benzene rings is 5. The maximum atomic E-state index is 12.5. The highest BCUT2D eigenvalue weighted by molar-refractivity contribution is 6.30. The van der Waals surface area contributed by atoms with E-state index in [1.165, 1.54) is 0 Å². The molecule has 0 aliphatic heterocycles. The number of nitrogens with zero attached hydrogens (tertiary/aromatic N) is 1. The van der Waals surface area contributed by atoms with Gasteiger partial charge in [0, 0.05) is 21.7 Å². The van der Waals surface area contributed by atoms with Gasteiger partial charge in [0.1, 0.15) is 12.4 Å². The summed E-state index contributed by atoms with van der Waals surface area (Å²) in [6.07, 6.45) is 1.63. The summed E-state index contributed by atoms with van der Waals surface area (Å²) in [7, 11) is 0. The second-order valence-corrected chi connectivity index (χ2v) is 8.72. The third-order valence-electron chi connectivity index (χ3n) is 5.85. The molecule has 5 aromatic rings. The zero-order valence-electron chi connectivity index (χ0n) is 19.4. The van der Waals surface area contributed by atoms with Crippen LogP contribution in [0, 0.1) is 0 Å². The fourth-order valence-corrected chi connectivity index (χ4v) is 4.17. The molecule has 0 spiro atoms. The Kier molecular flexibility index (Phi) is 7.10. The van der Waals surface area contributed by atoms with E-state index < -0.39 is 0 Å². The van der Waals surface area contributed by atoms with Crippen molar-refractivity contribution in [1.29, 1.82) is 0 Å². The van der Waals surface area contributed by atoms with Crippen molar-refractivity contribution >= 4 is 51.0 Å². The van der Waals surface area contributed by atoms with Crippen molar-refractivity contribution in [3.05, 3.63) is 119 Å². The van der Waals surface area contributed by atoms with Gasteiger partial charge in [-0.1, -0.05) is 90.5 Å². The number of amides is 1. The molecule has 0 bridgehead atoms. The molecule has 0 saturated heterocycles. The molecule has 0 saturated carbocycles. The first kappa shape index (κ1) is 23.4. The summed E-state index contributed by atoms with van der Waals surface area (Å²) in [5.74, 6) is 0.429. The molecule has 1 amide bonds. The van der Waals surface area contributed by atoms with Gasteiger partial charge < -0.3 is 10.1 Å². The highest BCUT2D eigenvalue weighted by Crippen LogP contribution is 2.28. The fraction of sp³-hybridized carbons (Fsp3) is 0.0667. The Morgan fingerprint density at radius 3 is 2.31 bits per heavy atom. The Hall–Kier alpha value is -4.35. The lowest BCUT2D eigenvalue weighted by Crippen LogP contribution is -2.26. The van der Waals surface area contributed by atoms with E-state index in [9.17, 15) is 4.79 Å². The quantitative estimate of drug-likeness (QED) is 0.185. The van der Waals surface area contributed by atoms with Gasteiger partial charge >= 0.3 is 0 Å². The van der Waals surface area contributed by atoms with Crippen LogP contribution in [0.25, 0.3) is 21.5 Å². The van der Waals surface area contributed by atoms with Crippen LogP contribution in [0.4, 0.5) is 5.69 Å². The van der Waals surface area contributed by atoms with Crippen LogP contribution in [0.15, 0.2) is 108 Å². The number of hydrogen-bond donors (Lipinski definition) is 2. The molecule has 5 rings (SSSR count). The van der Waals surface area contributed by atoms with E-state index in [4.69, 9.17) is 16.3 Å². The van der Waals surface area contributed by atoms with Crippen molar-refractivity contribution in [3.63, 3.8) is 0 Å². The predicted octanol–water partition coefficient (Wildman–Crippen LogP) is 6.79. The summed E-state index contributed by atoms with van der Waals surface area (Å²) in [4.78, 5) is 12.5. The van der Waals surface area contributed by atoms with E-state index in [1.54, 1.807) is 6.21 Å². The van der Waals surface area contributed by atoms with E-state index in [0.29, 0.717) is 17.4 Å². The van der Waals surface area contributed by atoms with Crippen LogP contribution in [0.1, 0.15) is 11.1 Å². The van der Waals surface area contributed by atoms with Crippen LogP contribution in [0.3, 0.4) is 0 Å².